The number of hydrogen-bond donors (Lipinski definition) is 4. The Balaban J connectivity index is 3.86. The zero-order valence-electron chi connectivity index (χ0n) is 8.08. The highest BCUT2D eigenvalue weighted by Gasteiger charge is 2.18. The van der Waals surface area contributed by atoms with Gasteiger partial charge in [-0.3, -0.25) is 4.79 Å². The van der Waals surface area contributed by atoms with E-state index in [1.165, 1.54) is 0 Å². The maximum atomic E-state index is 11.2. The lowest BCUT2D eigenvalue weighted by Gasteiger charge is -2.20. The molecule has 0 aromatic carbocycles. The third-order valence-electron chi connectivity index (χ3n) is 1.42. The summed E-state index contributed by atoms with van der Waals surface area (Å²) in [5.74, 6) is -0.263. The Bertz CT molecular complexity index is 161. The number of aliphatic hydroxyl groups excluding tert-OH is 2. The average molecular weight is 190 g/mol. The molecule has 0 atom stereocenters. The number of carbonyl (C=O) groups is 1. The van der Waals surface area contributed by atoms with Crippen molar-refractivity contribution >= 4 is 5.91 Å². The summed E-state index contributed by atoms with van der Waals surface area (Å²) in [5, 5.41) is 19.8. The Labute approximate surface area is 77.9 Å². The molecule has 0 aliphatic carbocycles. The third-order valence-corrected chi connectivity index (χ3v) is 1.42. The first kappa shape index (κ1) is 12.3. The molecule has 0 spiro atoms. The summed E-state index contributed by atoms with van der Waals surface area (Å²) in [6, 6.07) is -0.588. The monoisotopic (exact) mass is 190 g/mol. The number of rotatable bonds is 5. The van der Waals surface area contributed by atoms with E-state index < -0.39 is 11.6 Å². The molecule has 0 aliphatic heterocycles. The van der Waals surface area contributed by atoms with Crippen LogP contribution in [0.3, 0.4) is 0 Å². The lowest BCUT2D eigenvalue weighted by atomic mass is 10.0. The maximum absolute atomic E-state index is 11.2. The zero-order chi connectivity index (χ0) is 10.5. The van der Waals surface area contributed by atoms with Crippen molar-refractivity contribution in [2.75, 3.05) is 13.2 Å². The summed E-state index contributed by atoms with van der Waals surface area (Å²) in [5.41, 5.74) is 5.04. The van der Waals surface area contributed by atoms with E-state index in [2.05, 4.69) is 5.32 Å². The number of aliphatic hydroxyl groups is 2. The lowest BCUT2D eigenvalue weighted by Crippen LogP contribution is -2.45. The van der Waals surface area contributed by atoms with E-state index in [-0.39, 0.29) is 25.5 Å². The van der Waals surface area contributed by atoms with Gasteiger partial charge in [-0.2, -0.15) is 0 Å². The quantitative estimate of drug-likeness (QED) is 0.428. The smallest absolute Gasteiger partial charge is 0.222 e. The SMILES string of the molecule is CC(C)(N)CC(=O)NC(CO)CO. The number of hydrogen-bond acceptors (Lipinski definition) is 4. The number of carbonyl (C=O) groups excluding carboxylic acids is 1. The van der Waals surface area contributed by atoms with Gasteiger partial charge in [-0.15, -0.1) is 0 Å². The molecule has 0 radical (unpaired) electrons. The van der Waals surface area contributed by atoms with E-state index in [1.807, 2.05) is 0 Å². The van der Waals surface area contributed by atoms with Crippen LogP contribution >= 0.6 is 0 Å². The molecule has 0 fully saturated rings. The fourth-order valence-electron chi connectivity index (χ4n) is 0.842. The standard InChI is InChI=1S/C8H18N2O3/c1-8(2,9)3-7(13)10-6(4-11)5-12/h6,11-12H,3-5,9H2,1-2H3,(H,10,13). The molecule has 0 unspecified atom stereocenters. The molecule has 0 saturated heterocycles. The van der Waals surface area contributed by atoms with Gasteiger partial charge in [-0.05, 0) is 13.8 Å². The van der Waals surface area contributed by atoms with Crippen LogP contribution in [0.15, 0.2) is 0 Å². The molecule has 0 saturated carbocycles. The van der Waals surface area contributed by atoms with Gasteiger partial charge in [-0.1, -0.05) is 0 Å². The van der Waals surface area contributed by atoms with E-state index in [0.717, 1.165) is 0 Å². The first-order valence-corrected chi connectivity index (χ1v) is 4.19. The molecule has 0 bridgehead atoms. The van der Waals surface area contributed by atoms with Crippen molar-refractivity contribution in [3.05, 3.63) is 0 Å². The minimum Gasteiger partial charge on any atom is -0.394 e. The summed E-state index contributed by atoms with van der Waals surface area (Å²) in [4.78, 5) is 11.2. The Morgan fingerprint density at radius 1 is 1.46 bits per heavy atom. The third kappa shape index (κ3) is 6.51. The largest absolute Gasteiger partial charge is 0.394 e. The molecule has 0 rings (SSSR count). The molecular weight excluding hydrogens is 172 g/mol. The van der Waals surface area contributed by atoms with Crippen LogP contribution in [-0.2, 0) is 4.79 Å². The molecule has 0 aliphatic rings. The van der Waals surface area contributed by atoms with Crippen LogP contribution in [0, 0.1) is 0 Å². The highest BCUT2D eigenvalue weighted by atomic mass is 16.3. The first-order chi connectivity index (χ1) is 5.89. The molecule has 0 aromatic rings. The van der Waals surface area contributed by atoms with Gasteiger partial charge in [0.05, 0.1) is 19.3 Å². The first-order valence-electron chi connectivity index (χ1n) is 4.19. The topological polar surface area (TPSA) is 95.6 Å². The minimum atomic E-state index is -0.588. The van der Waals surface area contributed by atoms with Crippen LogP contribution in [-0.4, -0.2) is 40.9 Å². The van der Waals surface area contributed by atoms with Crippen molar-refractivity contribution in [1.82, 2.24) is 5.32 Å². The van der Waals surface area contributed by atoms with Gasteiger partial charge in [0.15, 0.2) is 0 Å². The zero-order valence-corrected chi connectivity index (χ0v) is 8.08. The van der Waals surface area contributed by atoms with E-state index in [0.29, 0.717) is 0 Å². The molecule has 13 heavy (non-hydrogen) atoms. The number of nitrogens with two attached hydrogens (primary N) is 1. The van der Waals surface area contributed by atoms with E-state index in [9.17, 15) is 4.79 Å². The van der Waals surface area contributed by atoms with Crippen LogP contribution in [0.2, 0.25) is 0 Å². The van der Waals surface area contributed by atoms with Crippen LogP contribution in [0.25, 0.3) is 0 Å². The predicted molar refractivity (Wildman–Crippen MR) is 49.0 cm³/mol. The predicted octanol–water partition coefficient (Wildman–Crippen LogP) is -1.42. The Kier molecular flexibility index (Phi) is 4.90. The second kappa shape index (κ2) is 5.16. The molecule has 5 nitrogen and oxygen atoms in total. The van der Waals surface area contributed by atoms with E-state index >= 15 is 0 Å². The second-order valence-electron chi connectivity index (χ2n) is 3.79. The lowest BCUT2D eigenvalue weighted by molar-refractivity contribution is -0.123. The van der Waals surface area contributed by atoms with Crippen LogP contribution in [0.4, 0.5) is 0 Å². The maximum Gasteiger partial charge on any atom is 0.222 e. The Hall–Kier alpha value is -0.650. The molecular formula is C8H18N2O3. The minimum absolute atomic E-state index is 0.170. The normalized spacial score (nSPS) is 11.8. The van der Waals surface area contributed by atoms with Crippen molar-refractivity contribution in [2.45, 2.75) is 31.8 Å². The summed E-state index contributed by atoms with van der Waals surface area (Å²) in [6.07, 6.45) is 0.170. The summed E-state index contributed by atoms with van der Waals surface area (Å²) in [7, 11) is 0. The number of nitrogens with one attached hydrogen (secondary N) is 1. The van der Waals surface area contributed by atoms with E-state index in [4.69, 9.17) is 15.9 Å². The highest BCUT2D eigenvalue weighted by molar-refractivity contribution is 5.77. The number of amides is 1. The van der Waals surface area contributed by atoms with Gasteiger partial charge in [0.2, 0.25) is 5.91 Å². The van der Waals surface area contributed by atoms with Crippen molar-refractivity contribution in [3.8, 4) is 0 Å². The van der Waals surface area contributed by atoms with Gasteiger partial charge in [0, 0.05) is 12.0 Å². The fourth-order valence-corrected chi connectivity index (χ4v) is 0.842. The molecule has 5 heteroatoms. The highest BCUT2D eigenvalue weighted by Crippen LogP contribution is 2.02. The summed E-state index contributed by atoms with van der Waals surface area (Å²) >= 11 is 0. The fraction of sp³-hybridized carbons (Fsp3) is 0.875. The summed E-state index contributed by atoms with van der Waals surface area (Å²) in [6.45, 7) is 2.93. The van der Waals surface area contributed by atoms with Crippen LogP contribution in [0.5, 0.6) is 0 Å². The Morgan fingerprint density at radius 2 is 1.92 bits per heavy atom. The van der Waals surface area contributed by atoms with Crippen molar-refractivity contribution in [3.63, 3.8) is 0 Å². The van der Waals surface area contributed by atoms with Gasteiger partial charge in [0.25, 0.3) is 0 Å². The molecule has 5 N–H and O–H groups in total. The van der Waals surface area contributed by atoms with Gasteiger partial charge >= 0.3 is 0 Å². The van der Waals surface area contributed by atoms with Gasteiger partial charge < -0.3 is 21.3 Å². The summed E-state index contributed by atoms with van der Waals surface area (Å²) < 4.78 is 0. The van der Waals surface area contributed by atoms with Crippen LogP contribution < -0.4 is 11.1 Å². The van der Waals surface area contributed by atoms with Crippen LogP contribution in [0.1, 0.15) is 20.3 Å². The Morgan fingerprint density at radius 3 is 2.23 bits per heavy atom. The molecule has 78 valence electrons. The second-order valence-corrected chi connectivity index (χ2v) is 3.79. The van der Waals surface area contributed by atoms with Gasteiger partial charge in [0.1, 0.15) is 0 Å². The van der Waals surface area contributed by atoms with Gasteiger partial charge in [-0.25, -0.2) is 0 Å². The van der Waals surface area contributed by atoms with Crippen molar-refractivity contribution in [1.29, 1.82) is 0 Å². The molecule has 0 aromatic heterocycles. The average Bonchev–Trinajstić information content (AvgIpc) is 1.96. The van der Waals surface area contributed by atoms with Crippen molar-refractivity contribution < 1.29 is 15.0 Å². The molecule has 0 heterocycles. The van der Waals surface area contributed by atoms with E-state index in [1.54, 1.807) is 13.8 Å². The molecule has 1 amide bonds. The van der Waals surface area contributed by atoms with Crippen molar-refractivity contribution in [2.24, 2.45) is 5.73 Å².